The Kier molecular flexibility index (Phi) is 4.39. The van der Waals surface area contributed by atoms with Crippen LogP contribution in [0.5, 0.6) is 0 Å². The first-order chi connectivity index (χ1) is 9.06. The smallest absolute Gasteiger partial charge is 0.163 e. The molecule has 0 aliphatic rings. The van der Waals surface area contributed by atoms with Crippen LogP contribution < -0.4 is 11.3 Å². The maximum atomic E-state index is 6.21. The Morgan fingerprint density at radius 1 is 1.37 bits per heavy atom. The second-order valence-corrected chi connectivity index (χ2v) is 5.41. The molecule has 0 spiro atoms. The zero-order valence-corrected chi connectivity index (χ0v) is 13.0. The van der Waals surface area contributed by atoms with Crippen LogP contribution in [-0.4, -0.2) is 9.97 Å². The number of hydrogen-bond donors (Lipinski definition) is 2. The fourth-order valence-corrected chi connectivity index (χ4v) is 2.40. The number of nitrogen functional groups attached to an aromatic ring is 1. The number of halogens is 2. The lowest BCUT2D eigenvalue weighted by atomic mass is 10.1. The van der Waals surface area contributed by atoms with Crippen LogP contribution in [0.2, 0.25) is 5.02 Å². The van der Waals surface area contributed by atoms with Crippen LogP contribution in [0.15, 0.2) is 22.7 Å². The van der Waals surface area contributed by atoms with Gasteiger partial charge in [-0.05, 0) is 31.5 Å². The summed E-state index contributed by atoms with van der Waals surface area (Å²) in [6, 6.07) is 5.58. The molecule has 3 N–H and O–H groups in total. The number of hydrazine groups is 1. The van der Waals surface area contributed by atoms with Crippen molar-refractivity contribution >= 4 is 33.3 Å². The molecule has 0 amide bonds. The minimum absolute atomic E-state index is 0.571. The first kappa shape index (κ1) is 14.2. The van der Waals surface area contributed by atoms with Crippen molar-refractivity contribution in [3.05, 3.63) is 39.0 Å². The first-order valence-electron chi connectivity index (χ1n) is 5.86. The van der Waals surface area contributed by atoms with Gasteiger partial charge in [-0.15, -0.1) is 0 Å². The lowest BCUT2D eigenvalue weighted by Gasteiger charge is -2.12. The SMILES string of the molecule is CCc1nc(-c2cc(Br)ccc2Cl)nc(NN)c1C. The van der Waals surface area contributed by atoms with Crippen LogP contribution in [0, 0.1) is 6.92 Å². The molecule has 1 aromatic heterocycles. The molecule has 0 saturated carbocycles. The molecule has 0 aliphatic heterocycles. The van der Waals surface area contributed by atoms with Crippen molar-refractivity contribution in [1.29, 1.82) is 0 Å². The summed E-state index contributed by atoms with van der Waals surface area (Å²) in [5, 5.41) is 0.608. The van der Waals surface area contributed by atoms with E-state index < -0.39 is 0 Å². The summed E-state index contributed by atoms with van der Waals surface area (Å²) in [4.78, 5) is 8.98. The summed E-state index contributed by atoms with van der Waals surface area (Å²) >= 11 is 9.63. The summed E-state index contributed by atoms with van der Waals surface area (Å²) in [6.45, 7) is 3.99. The van der Waals surface area contributed by atoms with Gasteiger partial charge < -0.3 is 5.43 Å². The van der Waals surface area contributed by atoms with Gasteiger partial charge >= 0.3 is 0 Å². The average Bonchev–Trinajstić information content (AvgIpc) is 2.42. The number of nitrogens with zero attached hydrogens (tertiary/aromatic N) is 2. The van der Waals surface area contributed by atoms with Crippen molar-refractivity contribution in [1.82, 2.24) is 9.97 Å². The van der Waals surface area contributed by atoms with Gasteiger partial charge in [0.2, 0.25) is 0 Å². The summed E-state index contributed by atoms with van der Waals surface area (Å²) in [6.07, 6.45) is 0.807. The fourth-order valence-electron chi connectivity index (χ4n) is 1.84. The second-order valence-electron chi connectivity index (χ2n) is 4.09. The van der Waals surface area contributed by atoms with E-state index in [-0.39, 0.29) is 0 Å². The monoisotopic (exact) mass is 340 g/mol. The highest BCUT2D eigenvalue weighted by molar-refractivity contribution is 9.10. The Balaban J connectivity index is 2.65. The molecule has 0 aliphatic carbocycles. The number of hydrogen-bond acceptors (Lipinski definition) is 4. The highest BCUT2D eigenvalue weighted by Gasteiger charge is 2.13. The van der Waals surface area contributed by atoms with Crippen LogP contribution >= 0.6 is 27.5 Å². The van der Waals surface area contributed by atoms with Gasteiger partial charge in [0.1, 0.15) is 5.82 Å². The van der Waals surface area contributed by atoms with Gasteiger partial charge in [-0.1, -0.05) is 34.5 Å². The third-order valence-electron chi connectivity index (χ3n) is 2.89. The molecule has 2 rings (SSSR count). The van der Waals surface area contributed by atoms with E-state index in [0.29, 0.717) is 16.7 Å². The van der Waals surface area contributed by atoms with E-state index in [4.69, 9.17) is 17.4 Å². The fraction of sp³-hybridized carbons (Fsp3) is 0.231. The second kappa shape index (κ2) is 5.86. The Labute approximate surface area is 125 Å². The van der Waals surface area contributed by atoms with E-state index >= 15 is 0 Å². The topological polar surface area (TPSA) is 63.8 Å². The van der Waals surface area contributed by atoms with Crippen molar-refractivity contribution in [3.63, 3.8) is 0 Å². The third kappa shape index (κ3) is 2.88. The number of rotatable bonds is 3. The maximum Gasteiger partial charge on any atom is 0.163 e. The largest absolute Gasteiger partial charge is 0.308 e. The minimum Gasteiger partial charge on any atom is -0.308 e. The molecule has 2 aromatic rings. The molecule has 100 valence electrons. The Hall–Kier alpha value is -1.17. The molecular weight excluding hydrogens is 328 g/mol. The molecule has 0 unspecified atom stereocenters. The number of anilines is 1. The molecule has 0 radical (unpaired) electrons. The maximum absolute atomic E-state index is 6.21. The van der Waals surface area contributed by atoms with Crippen molar-refractivity contribution in [2.24, 2.45) is 5.84 Å². The zero-order chi connectivity index (χ0) is 14.0. The van der Waals surface area contributed by atoms with E-state index in [9.17, 15) is 0 Å². The molecule has 0 saturated heterocycles. The summed E-state index contributed by atoms with van der Waals surface area (Å²) in [5.74, 6) is 6.70. The Bertz CT molecular complexity index is 591. The lowest BCUT2D eigenvalue weighted by molar-refractivity contribution is 0.973. The van der Waals surface area contributed by atoms with Crippen LogP contribution in [0.25, 0.3) is 11.4 Å². The summed E-state index contributed by atoms with van der Waals surface area (Å²) in [7, 11) is 0. The van der Waals surface area contributed by atoms with Gasteiger partial charge in [-0.2, -0.15) is 0 Å². The molecule has 1 heterocycles. The molecule has 19 heavy (non-hydrogen) atoms. The van der Waals surface area contributed by atoms with Gasteiger partial charge in [0.15, 0.2) is 5.82 Å². The average molecular weight is 342 g/mol. The highest BCUT2D eigenvalue weighted by Crippen LogP contribution is 2.30. The van der Waals surface area contributed by atoms with Gasteiger partial charge in [-0.25, -0.2) is 15.8 Å². The quantitative estimate of drug-likeness (QED) is 0.660. The minimum atomic E-state index is 0.571. The van der Waals surface area contributed by atoms with Gasteiger partial charge in [0.25, 0.3) is 0 Å². The van der Waals surface area contributed by atoms with E-state index in [1.54, 1.807) is 0 Å². The van der Waals surface area contributed by atoms with E-state index in [2.05, 4.69) is 31.3 Å². The number of aromatic nitrogens is 2. The Morgan fingerprint density at radius 3 is 2.74 bits per heavy atom. The molecule has 0 atom stereocenters. The van der Waals surface area contributed by atoms with Crippen molar-refractivity contribution in [3.8, 4) is 11.4 Å². The molecule has 0 bridgehead atoms. The van der Waals surface area contributed by atoms with Crippen LogP contribution in [0.4, 0.5) is 5.82 Å². The van der Waals surface area contributed by atoms with Crippen LogP contribution in [-0.2, 0) is 6.42 Å². The molecule has 0 fully saturated rings. The predicted octanol–water partition coefficient (Wildman–Crippen LogP) is 3.72. The first-order valence-corrected chi connectivity index (χ1v) is 7.03. The van der Waals surface area contributed by atoms with Gasteiger partial charge in [0.05, 0.1) is 5.02 Å². The molecular formula is C13H14BrClN4. The van der Waals surface area contributed by atoms with Crippen LogP contribution in [0.3, 0.4) is 0 Å². The van der Waals surface area contributed by atoms with Crippen LogP contribution in [0.1, 0.15) is 18.2 Å². The third-order valence-corrected chi connectivity index (χ3v) is 3.71. The van der Waals surface area contributed by atoms with Crippen molar-refractivity contribution in [2.75, 3.05) is 5.43 Å². The highest BCUT2D eigenvalue weighted by atomic mass is 79.9. The number of benzene rings is 1. The van der Waals surface area contributed by atoms with Crippen molar-refractivity contribution in [2.45, 2.75) is 20.3 Å². The predicted molar refractivity (Wildman–Crippen MR) is 82.1 cm³/mol. The summed E-state index contributed by atoms with van der Waals surface area (Å²) < 4.78 is 0.927. The van der Waals surface area contributed by atoms with E-state index in [1.165, 1.54) is 0 Å². The van der Waals surface area contributed by atoms with Gasteiger partial charge in [0, 0.05) is 21.3 Å². The van der Waals surface area contributed by atoms with E-state index in [0.717, 1.165) is 27.7 Å². The number of aryl methyl sites for hydroxylation is 1. The number of nitrogens with two attached hydrogens (primary N) is 1. The van der Waals surface area contributed by atoms with E-state index in [1.807, 2.05) is 32.0 Å². The summed E-state index contributed by atoms with van der Waals surface area (Å²) in [5.41, 5.74) is 5.30. The molecule has 1 aromatic carbocycles. The number of nitrogens with one attached hydrogen (secondary N) is 1. The van der Waals surface area contributed by atoms with Crippen molar-refractivity contribution < 1.29 is 0 Å². The normalized spacial score (nSPS) is 10.6. The lowest BCUT2D eigenvalue weighted by Crippen LogP contribution is -2.13. The molecule has 4 nitrogen and oxygen atoms in total. The zero-order valence-electron chi connectivity index (χ0n) is 10.7. The Morgan fingerprint density at radius 2 is 2.11 bits per heavy atom. The molecule has 6 heteroatoms. The van der Waals surface area contributed by atoms with Gasteiger partial charge in [-0.3, -0.25) is 0 Å². The standard InChI is InChI=1S/C13H14BrClN4/c1-3-11-7(2)12(19-16)18-13(17-11)9-6-8(14)4-5-10(9)15/h4-6H,3,16H2,1-2H3,(H,17,18,19).